The van der Waals surface area contributed by atoms with Gasteiger partial charge in [-0.05, 0) is 48.7 Å². The van der Waals surface area contributed by atoms with Crippen LogP contribution in [-0.4, -0.2) is 39.8 Å². The van der Waals surface area contributed by atoms with Crippen LogP contribution in [-0.2, 0) is 22.7 Å². The van der Waals surface area contributed by atoms with E-state index in [0.717, 1.165) is 5.56 Å². The minimum atomic E-state index is -1.06. The van der Waals surface area contributed by atoms with Crippen LogP contribution < -0.4 is 10.7 Å². The fraction of sp³-hybridized carbons (Fsp3) is 0.304. The molecule has 2 aromatic carbocycles. The molecule has 1 aliphatic rings. The Kier molecular flexibility index (Phi) is 6.85. The molecule has 3 rings (SSSR count). The van der Waals surface area contributed by atoms with Crippen molar-refractivity contribution in [3.05, 3.63) is 71.0 Å². The first-order valence-electron chi connectivity index (χ1n) is 10.2. The maximum atomic E-state index is 13.6. The number of rotatable bonds is 8. The van der Waals surface area contributed by atoms with Crippen molar-refractivity contribution in [2.75, 3.05) is 6.54 Å². The van der Waals surface area contributed by atoms with Gasteiger partial charge in [0.05, 0.1) is 18.2 Å². The molecule has 0 radical (unpaired) electrons. The monoisotopic (exact) mass is 437 g/mol. The summed E-state index contributed by atoms with van der Waals surface area (Å²) in [7, 11) is 0. The second-order valence-electron chi connectivity index (χ2n) is 7.88. The van der Waals surface area contributed by atoms with Crippen molar-refractivity contribution in [2.24, 2.45) is 0 Å². The maximum absolute atomic E-state index is 13.6. The molecule has 0 aliphatic carbocycles. The number of urea groups is 1. The van der Waals surface area contributed by atoms with E-state index < -0.39 is 23.4 Å². The number of amides is 4. The second kappa shape index (κ2) is 9.58. The molecule has 9 heteroatoms. The molecule has 4 amide bonds. The van der Waals surface area contributed by atoms with Crippen LogP contribution in [0.5, 0.6) is 0 Å². The maximum Gasteiger partial charge on any atom is 0.344 e. The number of imide groups is 1. The minimum Gasteiger partial charge on any atom is -0.322 e. The summed E-state index contributed by atoms with van der Waals surface area (Å²) in [4.78, 5) is 39.1. The van der Waals surface area contributed by atoms with Crippen molar-refractivity contribution in [3.63, 3.8) is 0 Å². The van der Waals surface area contributed by atoms with Crippen LogP contribution in [0.3, 0.4) is 0 Å². The summed E-state index contributed by atoms with van der Waals surface area (Å²) in [5.41, 5.74) is 3.34. The van der Waals surface area contributed by atoms with Gasteiger partial charge in [0.2, 0.25) is 0 Å². The largest absolute Gasteiger partial charge is 0.344 e. The summed E-state index contributed by atoms with van der Waals surface area (Å²) in [5, 5.41) is 12.2. The molecule has 2 N–H and O–H groups in total. The van der Waals surface area contributed by atoms with Gasteiger partial charge in [0.25, 0.3) is 11.8 Å². The highest BCUT2D eigenvalue weighted by Gasteiger charge is 2.47. The average Bonchev–Trinajstić information content (AvgIpc) is 2.97. The van der Waals surface area contributed by atoms with Crippen molar-refractivity contribution in [1.29, 1.82) is 5.26 Å². The third-order valence-corrected chi connectivity index (χ3v) is 5.36. The Labute approximate surface area is 185 Å². The first-order chi connectivity index (χ1) is 15.2. The molecular formula is C23H24FN5O3. The first-order valence-corrected chi connectivity index (χ1v) is 10.2. The lowest BCUT2D eigenvalue weighted by atomic mass is 10.00. The molecule has 1 atom stereocenters. The SMILES string of the molecule is CCC1(C)NC(=O)N(NC(=O)CN(Cc2ccc(C#N)cc2)Cc2cccc(F)c2)C1=O. The number of hydrazine groups is 1. The zero-order valence-corrected chi connectivity index (χ0v) is 17.9. The van der Waals surface area contributed by atoms with E-state index in [1.54, 1.807) is 55.1 Å². The fourth-order valence-corrected chi connectivity index (χ4v) is 3.39. The third kappa shape index (κ3) is 5.28. The van der Waals surface area contributed by atoms with E-state index in [1.807, 2.05) is 0 Å². The average molecular weight is 437 g/mol. The van der Waals surface area contributed by atoms with Gasteiger partial charge in [0, 0.05) is 13.1 Å². The highest BCUT2D eigenvalue weighted by atomic mass is 19.1. The molecule has 0 spiro atoms. The van der Waals surface area contributed by atoms with Gasteiger partial charge in [-0.25, -0.2) is 9.18 Å². The van der Waals surface area contributed by atoms with Gasteiger partial charge in [-0.3, -0.25) is 19.9 Å². The quantitative estimate of drug-likeness (QED) is 0.617. The molecule has 32 heavy (non-hydrogen) atoms. The summed E-state index contributed by atoms with van der Waals surface area (Å²) in [5.74, 6) is -1.47. The van der Waals surface area contributed by atoms with Gasteiger partial charge in [0.1, 0.15) is 11.4 Å². The Bertz CT molecular complexity index is 1070. The van der Waals surface area contributed by atoms with Gasteiger partial charge in [-0.2, -0.15) is 10.3 Å². The fourth-order valence-electron chi connectivity index (χ4n) is 3.39. The molecule has 2 aromatic rings. The Balaban J connectivity index is 1.73. The molecule has 1 unspecified atom stereocenters. The number of nitriles is 1. The van der Waals surface area contributed by atoms with Crippen molar-refractivity contribution < 1.29 is 18.8 Å². The van der Waals surface area contributed by atoms with Crippen molar-refractivity contribution >= 4 is 17.8 Å². The Morgan fingerprint density at radius 3 is 2.47 bits per heavy atom. The topological polar surface area (TPSA) is 106 Å². The first kappa shape index (κ1) is 22.9. The third-order valence-electron chi connectivity index (χ3n) is 5.36. The Hall–Kier alpha value is -3.77. The number of nitrogens with one attached hydrogen (secondary N) is 2. The number of hydrogen-bond acceptors (Lipinski definition) is 5. The van der Waals surface area contributed by atoms with Gasteiger partial charge in [-0.15, -0.1) is 0 Å². The normalized spacial score (nSPS) is 17.9. The van der Waals surface area contributed by atoms with Crippen LogP contribution in [0.1, 0.15) is 37.0 Å². The smallest absolute Gasteiger partial charge is 0.322 e. The lowest BCUT2D eigenvalue weighted by Gasteiger charge is -2.24. The van der Waals surface area contributed by atoms with Crippen LogP contribution in [0.4, 0.5) is 9.18 Å². The van der Waals surface area contributed by atoms with E-state index in [1.165, 1.54) is 12.1 Å². The Morgan fingerprint density at radius 1 is 1.19 bits per heavy atom. The second-order valence-corrected chi connectivity index (χ2v) is 7.88. The van der Waals surface area contributed by atoms with E-state index >= 15 is 0 Å². The van der Waals surface area contributed by atoms with Crippen LogP contribution in [0.2, 0.25) is 0 Å². The standard InChI is InChI=1S/C23H24FN5O3/c1-3-23(2)21(31)29(22(32)26-23)27-20(30)15-28(14-18-5-4-6-19(24)11-18)13-17-9-7-16(12-25)8-10-17/h4-11H,3,13-15H2,1-2H3,(H,26,32)(H,27,30). The zero-order chi connectivity index (χ0) is 23.3. The number of hydrogen-bond donors (Lipinski definition) is 2. The lowest BCUT2D eigenvalue weighted by molar-refractivity contribution is -0.139. The van der Waals surface area contributed by atoms with E-state index in [9.17, 15) is 18.8 Å². The Morgan fingerprint density at radius 2 is 1.88 bits per heavy atom. The van der Waals surface area contributed by atoms with Crippen LogP contribution in [0.15, 0.2) is 48.5 Å². The summed E-state index contributed by atoms with van der Waals surface area (Å²) in [6.07, 6.45) is 0.383. The number of halogens is 1. The molecule has 166 valence electrons. The van der Waals surface area contributed by atoms with Gasteiger partial charge in [0.15, 0.2) is 0 Å². The molecule has 0 saturated carbocycles. The number of nitrogens with zero attached hydrogens (tertiary/aromatic N) is 3. The predicted molar refractivity (Wildman–Crippen MR) is 114 cm³/mol. The van der Waals surface area contributed by atoms with Crippen molar-refractivity contribution in [1.82, 2.24) is 20.7 Å². The predicted octanol–water partition coefficient (Wildman–Crippen LogP) is 2.45. The van der Waals surface area contributed by atoms with Crippen LogP contribution in [0.25, 0.3) is 0 Å². The van der Waals surface area contributed by atoms with Crippen molar-refractivity contribution in [3.8, 4) is 6.07 Å². The number of benzene rings is 2. The van der Waals surface area contributed by atoms with Crippen LogP contribution in [0, 0.1) is 17.1 Å². The number of carbonyl (C=O) groups excluding carboxylic acids is 3. The summed E-state index contributed by atoms with van der Waals surface area (Å²) < 4.78 is 13.6. The molecule has 1 aliphatic heterocycles. The lowest BCUT2D eigenvalue weighted by Crippen LogP contribution is -2.51. The van der Waals surface area contributed by atoms with E-state index in [4.69, 9.17) is 5.26 Å². The van der Waals surface area contributed by atoms with Gasteiger partial charge >= 0.3 is 6.03 Å². The van der Waals surface area contributed by atoms with Crippen LogP contribution >= 0.6 is 0 Å². The molecule has 1 saturated heterocycles. The molecule has 1 heterocycles. The van der Waals surface area contributed by atoms with E-state index in [-0.39, 0.29) is 18.9 Å². The molecule has 1 fully saturated rings. The zero-order valence-electron chi connectivity index (χ0n) is 17.9. The number of carbonyl (C=O) groups is 3. The summed E-state index contributed by atoms with van der Waals surface area (Å²) >= 11 is 0. The highest BCUT2D eigenvalue weighted by Crippen LogP contribution is 2.19. The highest BCUT2D eigenvalue weighted by molar-refractivity contribution is 6.07. The van der Waals surface area contributed by atoms with E-state index in [2.05, 4.69) is 16.8 Å². The summed E-state index contributed by atoms with van der Waals surface area (Å²) in [6, 6.07) is 14.3. The molecule has 0 bridgehead atoms. The van der Waals surface area contributed by atoms with Gasteiger partial charge < -0.3 is 5.32 Å². The van der Waals surface area contributed by atoms with Gasteiger partial charge in [-0.1, -0.05) is 31.2 Å². The van der Waals surface area contributed by atoms with Crippen molar-refractivity contribution in [2.45, 2.75) is 38.9 Å². The molecular weight excluding hydrogens is 413 g/mol. The molecule has 0 aromatic heterocycles. The summed E-state index contributed by atoms with van der Waals surface area (Å²) in [6.45, 7) is 3.82. The molecule has 8 nitrogen and oxygen atoms in total. The van der Waals surface area contributed by atoms with E-state index in [0.29, 0.717) is 29.1 Å². The minimum absolute atomic E-state index is 0.142.